The Labute approximate surface area is 102 Å². The van der Waals surface area contributed by atoms with Crippen LogP contribution in [0.3, 0.4) is 0 Å². The number of nitrogens with zero attached hydrogens (tertiary/aromatic N) is 1. The number of β-amino-alcohol motifs (C(OH)–C–C–N with tert-alkyl or cyclic N) is 1. The lowest BCUT2D eigenvalue weighted by Gasteiger charge is -2.23. The van der Waals surface area contributed by atoms with Gasteiger partial charge in [0, 0.05) is 19.1 Å². The third-order valence-electron chi connectivity index (χ3n) is 3.53. The molecule has 0 radical (unpaired) electrons. The minimum Gasteiger partial charge on any atom is -0.391 e. The Morgan fingerprint density at radius 2 is 2.35 bits per heavy atom. The molecule has 2 fully saturated rings. The minimum atomic E-state index is -0.344. The van der Waals surface area contributed by atoms with Crippen LogP contribution in [0.4, 0.5) is 0 Å². The molecule has 0 saturated carbocycles. The summed E-state index contributed by atoms with van der Waals surface area (Å²) in [5.74, 6) is 0.0551. The monoisotopic (exact) mass is 242 g/mol. The Kier molecular flexibility index (Phi) is 4.36. The van der Waals surface area contributed by atoms with Crippen molar-refractivity contribution < 1.29 is 14.6 Å². The lowest BCUT2D eigenvalue weighted by Crippen LogP contribution is -2.45. The molecule has 5 nitrogen and oxygen atoms in total. The van der Waals surface area contributed by atoms with Crippen molar-refractivity contribution in [2.24, 2.45) is 5.92 Å². The van der Waals surface area contributed by atoms with E-state index in [1.165, 1.54) is 0 Å². The van der Waals surface area contributed by atoms with Crippen LogP contribution in [0, 0.1) is 5.92 Å². The Hall–Kier alpha value is -0.650. The molecule has 2 heterocycles. The third kappa shape index (κ3) is 2.97. The molecule has 17 heavy (non-hydrogen) atoms. The fraction of sp³-hybridized carbons (Fsp3) is 0.917. The second-order valence-corrected chi connectivity index (χ2v) is 4.93. The van der Waals surface area contributed by atoms with Gasteiger partial charge in [-0.05, 0) is 19.4 Å². The highest BCUT2D eigenvalue weighted by Crippen LogP contribution is 2.20. The second-order valence-electron chi connectivity index (χ2n) is 4.93. The van der Waals surface area contributed by atoms with Crippen LogP contribution >= 0.6 is 0 Å². The summed E-state index contributed by atoms with van der Waals surface area (Å²) in [4.78, 5) is 14.0. The van der Waals surface area contributed by atoms with Crippen LogP contribution in [-0.2, 0) is 9.53 Å². The van der Waals surface area contributed by atoms with Gasteiger partial charge in [-0.15, -0.1) is 0 Å². The molecule has 0 aromatic carbocycles. The first-order valence-electron chi connectivity index (χ1n) is 6.50. The van der Waals surface area contributed by atoms with Crippen molar-refractivity contribution >= 4 is 5.91 Å². The number of hydrogen-bond acceptors (Lipinski definition) is 4. The number of nitrogens with one attached hydrogen (secondary N) is 1. The van der Waals surface area contributed by atoms with E-state index in [0.717, 1.165) is 13.0 Å². The maximum absolute atomic E-state index is 12.3. The molecular weight excluding hydrogens is 220 g/mol. The van der Waals surface area contributed by atoms with Crippen LogP contribution in [0.2, 0.25) is 0 Å². The van der Waals surface area contributed by atoms with E-state index < -0.39 is 0 Å². The quantitative estimate of drug-likeness (QED) is 0.704. The number of rotatable bonds is 4. The normalized spacial score (nSPS) is 33.3. The van der Waals surface area contributed by atoms with Crippen molar-refractivity contribution in [2.75, 3.05) is 32.8 Å². The van der Waals surface area contributed by atoms with Crippen LogP contribution < -0.4 is 5.32 Å². The summed E-state index contributed by atoms with van der Waals surface area (Å²) in [6.45, 7) is 5.31. The standard InChI is InChI=1S/C12H22N2O3/c1-2-4-13-11-8-17-7-10(11)12(16)14-5-3-9(15)6-14/h9-11,13,15H,2-8H2,1H3. The zero-order valence-corrected chi connectivity index (χ0v) is 10.4. The van der Waals surface area contributed by atoms with Gasteiger partial charge in [-0.25, -0.2) is 0 Å². The number of carbonyl (C=O) groups is 1. The summed E-state index contributed by atoms with van der Waals surface area (Å²) in [7, 11) is 0. The van der Waals surface area contributed by atoms with Gasteiger partial charge < -0.3 is 20.1 Å². The van der Waals surface area contributed by atoms with E-state index in [0.29, 0.717) is 32.7 Å². The largest absolute Gasteiger partial charge is 0.391 e. The first kappa shape index (κ1) is 12.8. The first-order chi connectivity index (χ1) is 8.22. The summed E-state index contributed by atoms with van der Waals surface area (Å²) in [6.07, 6.45) is 1.41. The van der Waals surface area contributed by atoms with E-state index in [9.17, 15) is 9.90 Å². The van der Waals surface area contributed by atoms with E-state index in [1.807, 2.05) is 0 Å². The minimum absolute atomic E-state index is 0.0770. The molecule has 0 aromatic rings. The van der Waals surface area contributed by atoms with Crippen LogP contribution in [0.15, 0.2) is 0 Å². The van der Waals surface area contributed by atoms with Gasteiger partial charge in [-0.2, -0.15) is 0 Å². The molecular formula is C12H22N2O3. The zero-order chi connectivity index (χ0) is 12.3. The Balaban J connectivity index is 1.89. The number of likely N-dealkylation sites (tertiary alicyclic amines) is 1. The van der Waals surface area contributed by atoms with E-state index in [4.69, 9.17) is 4.74 Å². The average Bonchev–Trinajstić information content (AvgIpc) is 2.94. The number of amides is 1. The molecule has 5 heteroatoms. The lowest BCUT2D eigenvalue weighted by molar-refractivity contribution is -0.135. The maximum Gasteiger partial charge on any atom is 0.229 e. The van der Waals surface area contributed by atoms with Gasteiger partial charge in [-0.1, -0.05) is 6.92 Å². The Bertz CT molecular complexity index is 272. The van der Waals surface area contributed by atoms with Crippen LogP contribution in [0.1, 0.15) is 19.8 Å². The molecule has 0 aliphatic carbocycles. The molecule has 0 spiro atoms. The van der Waals surface area contributed by atoms with Crippen LogP contribution in [-0.4, -0.2) is 60.9 Å². The lowest BCUT2D eigenvalue weighted by atomic mass is 10.0. The van der Waals surface area contributed by atoms with Crippen molar-refractivity contribution in [3.05, 3.63) is 0 Å². The van der Waals surface area contributed by atoms with E-state index >= 15 is 0 Å². The van der Waals surface area contributed by atoms with Gasteiger partial charge in [0.05, 0.1) is 25.2 Å². The van der Waals surface area contributed by atoms with E-state index in [2.05, 4.69) is 12.2 Å². The highest BCUT2D eigenvalue weighted by Gasteiger charge is 2.38. The van der Waals surface area contributed by atoms with Crippen molar-refractivity contribution in [3.63, 3.8) is 0 Å². The molecule has 2 saturated heterocycles. The summed E-state index contributed by atoms with van der Waals surface area (Å²) >= 11 is 0. The molecule has 98 valence electrons. The number of hydrogen-bond donors (Lipinski definition) is 2. The van der Waals surface area contributed by atoms with Crippen LogP contribution in [0.5, 0.6) is 0 Å². The van der Waals surface area contributed by atoms with Crippen molar-refractivity contribution in [1.82, 2.24) is 10.2 Å². The predicted molar refractivity (Wildman–Crippen MR) is 63.6 cm³/mol. The molecule has 2 aliphatic heterocycles. The molecule has 2 N–H and O–H groups in total. The summed E-state index contributed by atoms with van der Waals surface area (Å²) < 4.78 is 5.40. The van der Waals surface area contributed by atoms with E-state index in [1.54, 1.807) is 4.90 Å². The third-order valence-corrected chi connectivity index (χ3v) is 3.53. The summed E-state index contributed by atoms with van der Waals surface area (Å²) in [5, 5.41) is 12.8. The fourth-order valence-electron chi connectivity index (χ4n) is 2.51. The SMILES string of the molecule is CCCNC1COCC1C(=O)N1CCC(O)C1. The second kappa shape index (κ2) is 5.80. The topological polar surface area (TPSA) is 61.8 Å². The number of aliphatic hydroxyl groups excluding tert-OH is 1. The Morgan fingerprint density at radius 3 is 3.00 bits per heavy atom. The Morgan fingerprint density at radius 1 is 1.53 bits per heavy atom. The van der Waals surface area contributed by atoms with Crippen molar-refractivity contribution in [2.45, 2.75) is 31.9 Å². The van der Waals surface area contributed by atoms with Crippen molar-refractivity contribution in [1.29, 1.82) is 0 Å². The molecule has 2 aliphatic rings. The molecule has 0 bridgehead atoms. The van der Waals surface area contributed by atoms with E-state index in [-0.39, 0.29) is 24.0 Å². The highest BCUT2D eigenvalue weighted by molar-refractivity contribution is 5.80. The van der Waals surface area contributed by atoms with Gasteiger partial charge in [0.15, 0.2) is 0 Å². The first-order valence-corrected chi connectivity index (χ1v) is 6.50. The zero-order valence-electron chi connectivity index (χ0n) is 10.4. The fourth-order valence-corrected chi connectivity index (χ4v) is 2.51. The predicted octanol–water partition coefficient (Wildman–Crippen LogP) is -0.406. The number of ether oxygens (including phenoxy) is 1. The highest BCUT2D eigenvalue weighted by atomic mass is 16.5. The smallest absolute Gasteiger partial charge is 0.229 e. The average molecular weight is 242 g/mol. The molecule has 0 aromatic heterocycles. The molecule has 3 atom stereocenters. The molecule has 3 unspecified atom stereocenters. The van der Waals surface area contributed by atoms with Gasteiger partial charge in [0.25, 0.3) is 0 Å². The van der Waals surface area contributed by atoms with Gasteiger partial charge in [0.2, 0.25) is 5.91 Å². The van der Waals surface area contributed by atoms with Gasteiger partial charge >= 0.3 is 0 Å². The summed E-state index contributed by atoms with van der Waals surface area (Å²) in [6, 6.07) is 0.139. The van der Waals surface area contributed by atoms with Gasteiger partial charge in [0.1, 0.15) is 0 Å². The maximum atomic E-state index is 12.3. The summed E-state index contributed by atoms with van der Waals surface area (Å²) in [5.41, 5.74) is 0. The molecule has 2 rings (SSSR count). The van der Waals surface area contributed by atoms with Crippen molar-refractivity contribution in [3.8, 4) is 0 Å². The number of carbonyl (C=O) groups excluding carboxylic acids is 1. The number of aliphatic hydroxyl groups is 1. The van der Waals surface area contributed by atoms with Gasteiger partial charge in [-0.3, -0.25) is 4.79 Å². The molecule has 1 amide bonds. The van der Waals surface area contributed by atoms with Crippen LogP contribution in [0.25, 0.3) is 0 Å².